The van der Waals surface area contributed by atoms with E-state index in [1.165, 1.54) is 0 Å². The van der Waals surface area contributed by atoms with Crippen LogP contribution >= 0.6 is 0 Å². The van der Waals surface area contributed by atoms with Crippen LogP contribution in [0.25, 0.3) is 0 Å². The summed E-state index contributed by atoms with van der Waals surface area (Å²) in [5, 5.41) is 6.22. The van der Waals surface area contributed by atoms with Crippen LogP contribution < -0.4 is 10.6 Å². The fourth-order valence-corrected chi connectivity index (χ4v) is 1.81. The maximum absolute atomic E-state index is 11.7. The Hall–Kier alpha value is -1.69. The Morgan fingerprint density at radius 2 is 2.10 bits per heavy atom. The molecule has 0 radical (unpaired) electrons. The number of ether oxygens (including phenoxy) is 1. The molecule has 1 aromatic heterocycles. The van der Waals surface area contributed by atoms with Crippen molar-refractivity contribution in [2.45, 2.75) is 58.7 Å². The van der Waals surface area contributed by atoms with Crippen LogP contribution in [0, 0.1) is 0 Å². The highest BCUT2D eigenvalue weighted by molar-refractivity contribution is 5.67. The van der Waals surface area contributed by atoms with E-state index < -0.39 is 11.7 Å². The van der Waals surface area contributed by atoms with Gasteiger partial charge in [0.1, 0.15) is 5.60 Å². The van der Waals surface area contributed by atoms with Crippen molar-refractivity contribution in [3.63, 3.8) is 0 Å². The van der Waals surface area contributed by atoms with Crippen molar-refractivity contribution in [3.05, 3.63) is 24.3 Å². The SMILES string of the molecule is CCC(CNC(=O)OC(C)(C)C)NC(C)c1cnccn1. The zero-order valence-corrected chi connectivity index (χ0v) is 13.5. The Morgan fingerprint density at radius 1 is 1.38 bits per heavy atom. The molecule has 0 fully saturated rings. The molecule has 0 aliphatic heterocycles. The minimum atomic E-state index is -0.480. The molecule has 0 aliphatic carbocycles. The summed E-state index contributed by atoms with van der Waals surface area (Å²) in [4.78, 5) is 20.0. The third-order valence-electron chi connectivity index (χ3n) is 2.90. The zero-order chi connectivity index (χ0) is 15.9. The lowest BCUT2D eigenvalue weighted by Gasteiger charge is -2.24. The van der Waals surface area contributed by atoms with Gasteiger partial charge in [-0.15, -0.1) is 0 Å². The largest absolute Gasteiger partial charge is 0.444 e. The number of hydrogen-bond donors (Lipinski definition) is 2. The van der Waals surface area contributed by atoms with Gasteiger partial charge in [-0.2, -0.15) is 0 Å². The number of alkyl carbamates (subject to hydrolysis) is 1. The predicted octanol–water partition coefficient (Wildman–Crippen LogP) is 2.43. The monoisotopic (exact) mass is 294 g/mol. The van der Waals surface area contributed by atoms with Crippen molar-refractivity contribution in [1.29, 1.82) is 0 Å². The minimum absolute atomic E-state index is 0.0732. The second kappa shape index (κ2) is 7.93. The van der Waals surface area contributed by atoms with Gasteiger partial charge in [-0.05, 0) is 34.1 Å². The van der Waals surface area contributed by atoms with E-state index in [4.69, 9.17) is 4.74 Å². The molecule has 0 aliphatic rings. The molecule has 0 aromatic carbocycles. The van der Waals surface area contributed by atoms with Crippen molar-refractivity contribution in [1.82, 2.24) is 20.6 Å². The van der Waals surface area contributed by atoms with Gasteiger partial charge < -0.3 is 15.4 Å². The van der Waals surface area contributed by atoms with Crippen LogP contribution in [0.2, 0.25) is 0 Å². The fourth-order valence-electron chi connectivity index (χ4n) is 1.81. The molecular formula is C15H26N4O2. The van der Waals surface area contributed by atoms with Crippen molar-refractivity contribution in [2.75, 3.05) is 6.54 Å². The second-order valence-corrected chi connectivity index (χ2v) is 6.01. The summed E-state index contributed by atoms with van der Waals surface area (Å²) in [6.07, 6.45) is 5.56. The molecule has 118 valence electrons. The average molecular weight is 294 g/mol. The summed E-state index contributed by atoms with van der Waals surface area (Å²) in [5.41, 5.74) is 0.403. The first-order chi connectivity index (χ1) is 9.81. The number of hydrogen-bond acceptors (Lipinski definition) is 5. The van der Waals surface area contributed by atoms with Crippen molar-refractivity contribution in [3.8, 4) is 0 Å². The molecule has 0 spiro atoms. The summed E-state index contributed by atoms with van der Waals surface area (Å²) in [7, 11) is 0. The highest BCUT2D eigenvalue weighted by atomic mass is 16.6. The van der Waals surface area contributed by atoms with E-state index in [2.05, 4.69) is 27.5 Å². The molecule has 0 bridgehead atoms. The van der Waals surface area contributed by atoms with E-state index in [0.717, 1.165) is 12.1 Å². The molecule has 2 unspecified atom stereocenters. The first-order valence-corrected chi connectivity index (χ1v) is 7.30. The number of nitrogens with one attached hydrogen (secondary N) is 2. The molecule has 1 heterocycles. The van der Waals surface area contributed by atoms with Gasteiger partial charge >= 0.3 is 6.09 Å². The molecule has 1 aromatic rings. The summed E-state index contributed by atoms with van der Waals surface area (Å²) < 4.78 is 5.22. The number of aromatic nitrogens is 2. The molecule has 21 heavy (non-hydrogen) atoms. The van der Waals surface area contributed by atoms with Crippen LogP contribution in [0.5, 0.6) is 0 Å². The fraction of sp³-hybridized carbons (Fsp3) is 0.667. The Kier molecular flexibility index (Phi) is 6.55. The summed E-state index contributed by atoms with van der Waals surface area (Å²) in [6, 6.07) is 0.221. The van der Waals surface area contributed by atoms with Crippen molar-refractivity contribution >= 4 is 6.09 Å². The smallest absolute Gasteiger partial charge is 0.407 e. The van der Waals surface area contributed by atoms with E-state index in [9.17, 15) is 4.79 Å². The molecule has 1 amide bonds. The number of nitrogens with zero attached hydrogens (tertiary/aromatic N) is 2. The normalized spacial score (nSPS) is 14.3. The molecular weight excluding hydrogens is 268 g/mol. The van der Waals surface area contributed by atoms with Gasteiger partial charge in [0.15, 0.2) is 0 Å². The maximum Gasteiger partial charge on any atom is 0.407 e. The lowest BCUT2D eigenvalue weighted by molar-refractivity contribution is 0.0521. The van der Waals surface area contributed by atoms with Gasteiger partial charge in [0.2, 0.25) is 0 Å². The van der Waals surface area contributed by atoms with Crippen molar-refractivity contribution in [2.24, 2.45) is 0 Å². The number of amides is 1. The van der Waals surface area contributed by atoms with Crippen molar-refractivity contribution < 1.29 is 9.53 Å². The third-order valence-corrected chi connectivity index (χ3v) is 2.90. The topological polar surface area (TPSA) is 76.1 Å². The quantitative estimate of drug-likeness (QED) is 0.842. The Bertz CT molecular complexity index is 431. The Balaban J connectivity index is 2.43. The van der Waals surface area contributed by atoms with E-state index in [0.29, 0.717) is 6.54 Å². The van der Waals surface area contributed by atoms with E-state index >= 15 is 0 Å². The van der Waals surface area contributed by atoms with Gasteiger partial charge in [0.05, 0.1) is 5.69 Å². The van der Waals surface area contributed by atoms with Crippen LogP contribution in [0.1, 0.15) is 52.8 Å². The Morgan fingerprint density at radius 3 is 2.62 bits per heavy atom. The maximum atomic E-state index is 11.7. The highest BCUT2D eigenvalue weighted by Gasteiger charge is 2.18. The number of carbonyl (C=O) groups excluding carboxylic acids is 1. The minimum Gasteiger partial charge on any atom is -0.444 e. The van der Waals surface area contributed by atoms with Crippen LogP contribution in [0.4, 0.5) is 4.79 Å². The lowest BCUT2D eigenvalue weighted by atomic mass is 10.1. The van der Waals surface area contributed by atoms with Gasteiger partial charge in [0.25, 0.3) is 0 Å². The van der Waals surface area contributed by atoms with Gasteiger partial charge in [-0.1, -0.05) is 6.92 Å². The standard InChI is InChI=1S/C15H26N4O2/c1-6-12(9-18-14(20)21-15(3,4)5)19-11(2)13-10-16-7-8-17-13/h7-8,10-12,19H,6,9H2,1-5H3,(H,18,20). The number of rotatable bonds is 6. The zero-order valence-electron chi connectivity index (χ0n) is 13.5. The average Bonchev–Trinajstić information content (AvgIpc) is 2.42. The molecule has 2 N–H and O–H groups in total. The van der Waals surface area contributed by atoms with E-state index in [1.54, 1.807) is 18.6 Å². The summed E-state index contributed by atoms with van der Waals surface area (Å²) >= 11 is 0. The first-order valence-electron chi connectivity index (χ1n) is 7.30. The molecule has 0 saturated heterocycles. The van der Waals surface area contributed by atoms with Crippen LogP contribution in [-0.4, -0.2) is 34.2 Å². The van der Waals surface area contributed by atoms with Crippen LogP contribution in [-0.2, 0) is 4.74 Å². The predicted molar refractivity (Wildman–Crippen MR) is 81.9 cm³/mol. The molecule has 1 rings (SSSR count). The highest BCUT2D eigenvalue weighted by Crippen LogP contribution is 2.09. The van der Waals surface area contributed by atoms with Crippen LogP contribution in [0.3, 0.4) is 0 Å². The van der Waals surface area contributed by atoms with E-state index in [1.807, 2.05) is 27.7 Å². The van der Waals surface area contributed by atoms with Gasteiger partial charge in [0, 0.05) is 37.2 Å². The molecule has 2 atom stereocenters. The number of carbonyl (C=O) groups is 1. The summed E-state index contributed by atoms with van der Waals surface area (Å²) in [5.74, 6) is 0. The summed E-state index contributed by atoms with van der Waals surface area (Å²) in [6.45, 7) is 10.1. The van der Waals surface area contributed by atoms with E-state index in [-0.39, 0.29) is 12.1 Å². The third kappa shape index (κ3) is 7.04. The van der Waals surface area contributed by atoms with Gasteiger partial charge in [-0.25, -0.2) is 4.79 Å². The lowest BCUT2D eigenvalue weighted by Crippen LogP contribution is -2.43. The van der Waals surface area contributed by atoms with Crippen LogP contribution in [0.15, 0.2) is 18.6 Å². The second-order valence-electron chi connectivity index (χ2n) is 6.01. The molecule has 0 saturated carbocycles. The molecule has 6 heteroatoms. The Labute approximate surface area is 126 Å². The molecule has 6 nitrogen and oxygen atoms in total. The van der Waals surface area contributed by atoms with Gasteiger partial charge in [-0.3, -0.25) is 9.97 Å². The first kappa shape index (κ1) is 17.4.